The van der Waals surface area contributed by atoms with Crippen LogP contribution >= 0.6 is 0 Å². The van der Waals surface area contributed by atoms with E-state index in [9.17, 15) is 19.2 Å². The van der Waals surface area contributed by atoms with E-state index in [0.29, 0.717) is 43.8 Å². The van der Waals surface area contributed by atoms with E-state index in [1.54, 1.807) is 16.7 Å². The maximum absolute atomic E-state index is 14.1. The van der Waals surface area contributed by atoms with E-state index in [1.165, 1.54) is 7.11 Å². The summed E-state index contributed by atoms with van der Waals surface area (Å²) in [6, 6.07) is 18.0. The number of imide groups is 1. The van der Waals surface area contributed by atoms with Crippen molar-refractivity contribution in [2.45, 2.75) is 31.7 Å². The number of esters is 1. The molecule has 0 N–H and O–H groups in total. The Hall–Kier alpha value is -3.92. The molecule has 4 rings (SSSR count). The lowest BCUT2D eigenvalue weighted by Crippen LogP contribution is -2.49. The van der Waals surface area contributed by atoms with Gasteiger partial charge in [-0.25, -0.2) is 9.59 Å². The summed E-state index contributed by atoms with van der Waals surface area (Å²) in [6.45, 7) is 5.87. The highest BCUT2D eigenvalue weighted by Gasteiger charge is 2.59. The number of carbonyl (C=O) groups excluding carboxylic acids is 4. The molecule has 10 heteroatoms. The number of methoxy groups -OCH3 is 1. The van der Waals surface area contributed by atoms with Crippen molar-refractivity contribution in [1.82, 2.24) is 19.6 Å². The molecule has 0 spiro atoms. The molecule has 2 aliphatic rings. The maximum atomic E-state index is 14.1. The van der Waals surface area contributed by atoms with E-state index in [2.05, 4.69) is 4.90 Å². The van der Waals surface area contributed by atoms with Crippen LogP contribution in [0.25, 0.3) is 0 Å². The van der Waals surface area contributed by atoms with Crippen LogP contribution in [0.1, 0.15) is 37.3 Å². The number of carbonyl (C=O) groups is 4. The Morgan fingerprint density at radius 3 is 1.95 bits per heavy atom. The van der Waals surface area contributed by atoms with Gasteiger partial charge in [-0.3, -0.25) is 19.4 Å². The molecular formula is C30H38N4O6. The minimum absolute atomic E-state index is 0.256. The highest BCUT2D eigenvalue weighted by atomic mass is 16.6. The average molecular weight is 551 g/mol. The largest absolute Gasteiger partial charge is 0.468 e. The Balaban J connectivity index is 1.47. The number of piperazine rings is 1. The molecule has 10 nitrogen and oxygen atoms in total. The second-order valence-corrected chi connectivity index (χ2v) is 9.93. The van der Waals surface area contributed by atoms with Crippen LogP contribution in [0.4, 0.5) is 9.59 Å². The Morgan fingerprint density at radius 1 is 0.825 bits per heavy atom. The summed E-state index contributed by atoms with van der Waals surface area (Å²) in [7, 11) is 1.24. The third-order valence-electron chi connectivity index (χ3n) is 7.57. The van der Waals surface area contributed by atoms with E-state index in [1.807, 2.05) is 60.7 Å². The first-order valence-electron chi connectivity index (χ1n) is 13.9. The monoisotopic (exact) mass is 550 g/mol. The number of hydrogen-bond donors (Lipinski definition) is 0. The van der Waals surface area contributed by atoms with Gasteiger partial charge in [-0.05, 0) is 37.4 Å². The fraction of sp³-hybridized carbons (Fsp3) is 0.467. The van der Waals surface area contributed by atoms with Crippen LogP contribution in [0.5, 0.6) is 0 Å². The van der Waals surface area contributed by atoms with Crippen molar-refractivity contribution in [3.8, 4) is 0 Å². The summed E-state index contributed by atoms with van der Waals surface area (Å²) < 4.78 is 9.88. The zero-order valence-electron chi connectivity index (χ0n) is 23.3. The molecule has 0 atom stereocenters. The topological polar surface area (TPSA) is 99.7 Å². The third kappa shape index (κ3) is 5.96. The van der Waals surface area contributed by atoms with Crippen LogP contribution in [-0.2, 0) is 24.6 Å². The molecule has 0 aliphatic carbocycles. The molecule has 214 valence electrons. The minimum atomic E-state index is -1.38. The van der Waals surface area contributed by atoms with E-state index in [4.69, 9.17) is 9.47 Å². The van der Waals surface area contributed by atoms with Gasteiger partial charge in [0.15, 0.2) is 5.54 Å². The van der Waals surface area contributed by atoms with Crippen molar-refractivity contribution in [2.24, 2.45) is 0 Å². The van der Waals surface area contributed by atoms with Gasteiger partial charge in [0, 0.05) is 32.7 Å². The van der Waals surface area contributed by atoms with Crippen LogP contribution in [0, 0.1) is 0 Å². The number of nitrogens with zero attached hydrogens (tertiary/aromatic N) is 4. The second-order valence-electron chi connectivity index (χ2n) is 9.93. The van der Waals surface area contributed by atoms with Crippen molar-refractivity contribution in [3.63, 3.8) is 0 Å². The number of ether oxygens (including phenoxy) is 2. The van der Waals surface area contributed by atoms with Crippen LogP contribution < -0.4 is 0 Å². The Bertz CT molecular complexity index is 1130. The van der Waals surface area contributed by atoms with Crippen LogP contribution in [0.15, 0.2) is 60.7 Å². The molecule has 2 heterocycles. The lowest BCUT2D eigenvalue weighted by molar-refractivity contribution is -0.145. The minimum Gasteiger partial charge on any atom is -0.468 e. The van der Waals surface area contributed by atoms with Crippen LogP contribution in [0.2, 0.25) is 0 Å². The van der Waals surface area contributed by atoms with Crippen molar-refractivity contribution in [3.05, 3.63) is 71.8 Å². The van der Waals surface area contributed by atoms with Gasteiger partial charge >= 0.3 is 18.1 Å². The lowest BCUT2D eigenvalue weighted by atomic mass is 9.81. The van der Waals surface area contributed by atoms with Gasteiger partial charge in [0.25, 0.3) is 5.91 Å². The number of urea groups is 1. The van der Waals surface area contributed by atoms with Gasteiger partial charge in [0.05, 0.1) is 13.7 Å². The third-order valence-corrected chi connectivity index (χ3v) is 7.57. The molecule has 0 bridgehead atoms. The second kappa shape index (κ2) is 13.4. The predicted molar refractivity (Wildman–Crippen MR) is 148 cm³/mol. The van der Waals surface area contributed by atoms with Gasteiger partial charge in [0.1, 0.15) is 6.54 Å². The highest BCUT2D eigenvalue weighted by molar-refractivity contribution is 6.11. The molecule has 4 amide bonds. The fourth-order valence-electron chi connectivity index (χ4n) is 5.52. The molecule has 40 heavy (non-hydrogen) atoms. The van der Waals surface area contributed by atoms with E-state index in [0.717, 1.165) is 37.4 Å². The molecule has 2 aliphatic heterocycles. The SMILES string of the molecule is CCOC(=O)N1CCN(CCCCCN2C(=O)N(CC(=O)OC)C(=O)C2(c2ccccc2)c2ccccc2)CC1. The van der Waals surface area contributed by atoms with Crippen molar-refractivity contribution >= 4 is 24.0 Å². The Morgan fingerprint density at radius 2 is 1.40 bits per heavy atom. The summed E-state index contributed by atoms with van der Waals surface area (Å²) in [5.41, 5.74) is -0.0328. The van der Waals surface area contributed by atoms with Gasteiger partial charge in [0.2, 0.25) is 0 Å². The van der Waals surface area contributed by atoms with Crippen molar-refractivity contribution in [2.75, 3.05) is 59.5 Å². The molecule has 2 fully saturated rings. The van der Waals surface area contributed by atoms with Gasteiger partial charge in [-0.2, -0.15) is 0 Å². The number of unbranched alkanes of at least 4 members (excludes halogenated alkanes) is 2. The molecule has 0 saturated carbocycles. The first-order valence-corrected chi connectivity index (χ1v) is 13.9. The first-order chi connectivity index (χ1) is 19.4. The zero-order chi connectivity index (χ0) is 28.5. The molecule has 0 unspecified atom stereocenters. The van der Waals surface area contributed by atoms with E-state index in [-0.39, 0.29) is 6.09 Å². The summed E-state index contributed by atoms with van der Waals surface area (Å²) in [4.78, 5) is 58.7. The molecular weight excluding hydrogens is 512 g/mol. The van der Waals surface area contributed by atoms with E-state index >= 15 is 0 Å². The summed E-state index contributed by atoms with van der Waals surface area (Å²) in [5.74, 6) is -1.11. The number of benzene rings is 2. The highest BCUT2D eigenvalue weighted by Crippen LogP contribution is 2.43. The molecule has 0 radical (unpaired) electrons. The number of amides is 4. The Kier molecular flexibility index (Phi) is 9.76. The average Bonchev–Trinajstić information content (AvgIpc) is 3.20. The molecule has 2 saturated heterocycles. The number of hydrogen-bond acceptors (Lipinski definition) is 7. The summed E-state index contributed by atoms with van der Waals surface area (Å²) >= 11 is 0. The predicted octanol–water partition coefficient (Wildman–Crippen LogP) is 3.31. The normalized spacial score (nSPS) is 17.3. The molecule has 2 aromatic rings. The summed E-state index contributed by atoms with van der Waals surface area (Å²) in [6.07, 6.45) is 2.21. The van der Waals surface area contributed by atoms with Crippen LogP contribution in [0.3, 0.4) is 0 Å². The maximum Gasteiger partial charge on any atom is 0.409 e. The van der Waals surface area contributed by atoms with Crippen molar-refractivity contribution < 1.29 is 28.7 Å². The fourth-order valence-corrected chi connectivity index (χ4v) is 5.52. The standard InChI is InChI=1S/C30H38N4O6/c1-3-40-29(38)32-21-19-31(20-22-32)17-11-6-12-18-34-28(37)33(23-26(35)39-2)27(36)30(34,24-13-7-4-8-14-24)25-15-9-5-10-16-25/h4-5,7-10,13-16H,3,6,11-12,17-23H2,1-2H3. The lowest BCUT2D eigenvalue weighted by Gasteiger charge is -2.36. The zero-order valence-corrected chi connectivity index (χ0v) is 23.3. The van der Waals surface area contributed by atoms with Gasteiger partial charge < -0.3 is 19.3 Å². The summed E-state index contributed by atoms with van der Waals surface area (Å²) in [5, 5.41) is 0. The van der Waals surface area contributed by atoms with Gasteiger partial charge in [-0.1, -0.05) is 67.1 Å². The van der Waals surface area contributed by atoms with Crippen LogP contribution in [-0.4, -0.2) is 103 Å². The van der Waals surface area contributed by atoms with E-state index < -0.39 is 30.0 Å². The quantitative estimate of drug-likeness (QED) is 0.240. The molecule has 0 aromatic heterocycles. The first kappa shape index (κ1) is 29.1. The number of rotatable bonds is 11. The Labute approximate surface area is 235 Å². The van der Waals surface area contributed by atoms with Crippen molar-refractivity contribution in [1.29, 1.82) is 0 Å². The van der Waals surface area contributed by atoms with Gasteiger partial charge in [-0.15, -0.1) is 0 Å². The smallest absolute Gasteiger partial charge is 0.409 e. The molecule has 2 aromatic carbocycles.